The van der Waals surface area contributed by atoms with Gasteiger partial charge in [0.05, 0.1) is 4.92 Å². The zero-order valence-electron chi connectivity index (χ0n) is 5.73. The van der Waals surface area contributed by atoms with Gasteiger partial charge in [0.2, 0.25) is 0 Å². The zero-order chi connectivity index (χ0) is 9.14. The lowest BCUT2D eigenvalue weighted by atomic mass is 10.3. The Labute approximate surface area is 83.1 Å². The number of halogens is 1. The van der Waals surface area contributed by atoms with Gasteiger partial charge >= 0.3 is 0 Å². The van der Waals surface area contributed by atoms with Gasteiger partial charge in [-0.05, 0) is 12.1 Å². The molecular weight excluding hydrogens is 218 g/mol. The van der Waals surface area contributed by atoms with Crippen LogP contribution in [0.1, 0.15) is 0 Å². The first-order valence-electron chi connectivity index (χ1n) is 2.90. The summed E-state index contributed by atoms with van der Waals surface area (Å²) in [6.07, 6.45) is 0. The van der Waals surface area contributed by atoms with Gasteiger partial charge in [0.25, 0.3) is 5.69 Å². The monoisotopic (exact) mass is 221 g/mol. The topological polar surface area (TPSA) is 43.1 Å². The fourth-order valence-electron chi connectivity index (χ4n) is 0.689. The Kier molecular flexibility index (Phi) is 3.25. The van der Waals surface area contributed by atoms with Crippen LogP contribution in [0.25, 0.3) is 0 Å². The molecule has 0 unspecified atom stereocenters. The third-order valence-corrected chi connectivity index (χ3v) is 2.64. The Bertz CT molecular complexity index is 318. The lowest BCUT2D eigenvalue weighted by Crippen LogP contribution is -1.88. The molecule has 0 fully saturated rings. The number of hydrogen-bond donors (Lipinski definition) is 1. The van der Waals surface area contributed by atoms with Crippen LogP contribution in [-0.4, -0.2) is 4.92 Å². The molecular formula is C6H4ClNO2S2. The number of hydrogen-bond acceptors (Lipinski definition) is 4. The van der Waals surface area contributed by atoms with Crippen LogP contribution >= 0.6 is 34.1 Å². The van der Waals surface area contributed by atoms with Gasteiger partial charge in [0.1, 0.15) is 5.02 Å². The molecule has 3 nitrogen and oxygen atoms in total. The first-order valence-corrected chi connectivity index (χ1v) is 5.15. The minimum absolute atomic E-state index is 0.0873. The number of thiol groups is 1. The van der Waals surface area contributed by atoms with Crippen molar-refractivity contribution in [2.24, 2.45) is 0 Å². The van der Waals surface area contributed by atoms with E-state index in [1.807, 2.05) is 0 Å². The molecule has 0 amide bonds. The number of nitro benzene ring substituents is 1. The normalized spacial score (nSPS) is 9.83. The van der Waals surface area contributed by atoms with Crippen molar-refractivity contribution in [3.8, 4) is 0 Å². The molecule has 0 aliphatic heterocycles. The molecule has 0 radical (unpaired) electrons. The number of benzene rings is 1. The van der Waals surface area contributed by atoms with Crippen molar-refractivity contribution >= 4 is 39.7 Å². The highest BCUT2D eigenvalue weighted by atomic mass is 35.5. The van der Waals surface area contributed by atoms with Gasteiger partial charge in [-0.3, -0.25) is 10.1 Å². The van der Waals surface area contributed by atoms with E-state index in [1.165, 1.54) is 12.1 Å². The Morgan fingerprint density at radius 2 is 2.25 bits per heavy atom. The molecule has 0 saturated heterocycles. The van der Waals surface area contributed by atoms with Crippen molar-refractivity contribution in [1.82, 2.24) is 0 Å². The van der Waals surface area contributed by atoms with Gasteiger partial charge in [-0.1, -0.05) is 22.4 Å². The fourth-order valence-corrected chi connectivity index (χ4v) is 1.51. The Morgan fingerprint density at radius 3 is 2.75 bits per heavy atom. The summed E-state index contributed by atoms with van der Waals surface area (Å²) in [5.74, 6) is 0. The van der Waals surface area contributed by atoms with Crippen LogP contribution in [0, 0.1) is 10.1 Å². The molecule has 64 valence electrons. The van der Waals surface area contributed by atoms with Crippen molar-refractivity contribution in [3.63, 3.8) is 0 Å². The summed E-state index contributed by atoms with van der Waals surface area (Å²) in [4.78, 5) is 10.6. The zero-order valence-corrected chi connectivity index (χ0v) is 8.20. The minimum Gasteiger partial charge on any atom is -0.258 e. The summed E-state index contributed by atoms with van der Waals surface area (Å²) < 4.78 is 0. The van der Waals surface area contributed by atoms with Crippen LogP contribution in [-0.2, 0) is 0 Å². The molecule has 1 aromatic carbocycles. The van der Waals surface area contributed by atoms with E-state index < -0.39 is 4.92 Å². The summed E-state index contributed by atoms with van der Waals surface area (Å²) in [6, 6.07) is 4.55. The van der Waals surface area contributed by atoms with Crippen LogP contribution in [0.5, 0.6) is 0 Å². The Hall–Kier alpha value is -0.390. The highest BCUT2D eigenvalue weighted by molar-refractivity contribution is 8.68. The van der Waals surface area contributed by atoms with E-state index in [9.17, 15) is 10.1 Å². The third-order valence-electron chi connectivity index (χ3n) is 1.22. The second-order valence-electron chi connectivity index (χ2n) is 1.96. The molecule has 0 heterocycles. The molecule has 0 saturated carbocycles. The highest BCUT2D eigenvalue weighted by Gasteiger charge is 2.11. The average Bonchev–Trinajstić information content (AvgIpc) is 2.05. The second-order valence-corrected chi connectivity index (χ2v) is 3.57. The average molecular weight is 222 g/mol. The van der Waals surface area contributed by atoms with Crippen molar-refractivity contribution < 1.29 is 4.92 Å². The highest BCUT2D eigenvalue weighted by Crippen LogP contribution is 2.30. The summed E-state index contributed by atoms with van der Waals surface area (Å²) in [5.41, 5.74) is -0.0873. The quantitative estimate of drug-likeness (QED) is 0.361. The van der Waals surface area contributed by atoms with Gasteiger partial charge in [-0.2, -0.15) is 0 Å². The van der Waals surface area contributed by atoms with E-state index in [-0.39, 0.29) is 10.7 Å². The van der Waals surface area contributed by atoms with Crippen LogP contribution in [0.15, 0.2) is 23.1 Å². The largest absolute Gasteiger partial charge is 0.289 e. The molecule has 0 atom stereocenters. The van der Waals surface area contributed by atoms with Crippen molar-refractivity contribution in [2.75, 3.05) is 0 Å². The van der Waals surface area contributed by atoms with Crippen LogP contribution in [0.3, 0.4) is 0 Å². The van der Waals surface area contributed by atoms with Crippen molar-refractivity contribution in [3.05, 3.63) is 33.3 Å². The fraction of sp³-hybridized carbons (Fsp3) is 0. The third kappa shape index (κ3) is 2.06. The van der Waals surface area contributed by atoms with E-state index in [0.717, 1.165) is 10.8 Å². The molecule has 0 bridgehead atoms. The minimum atomic E-state index is -0.518. The maximum Gasteiger partial charge on any atom is 0.289 e. The first-order chi connectivity index (χ1) is 5.65. The lowest BCUT2D eigenvalue weighted by Gasteiger charge is -1.96. The van der Waals surface area contributed by atoms with Crippen LogP contribution in [0.4, 0.5) is 5.69 Å². The maximum atomic E-state index is 10.4. The Morgan fingerprint density at radius 1 is 1.58 bits per heavy atom. The summed E-state index contributed by atoms with van der Waals surface area (Å²) in [5, 5.41) is 10.5. The molecule has 0 N–H and O–H groups in total. The molecule has 0 spiro atoms. The van der Waals surface area contributed by atoms with Crippen LogP contribution < -0.4 is 0 Å². The molecule has 6 heteroatoms. The molecule has 12 heavy (non-hydrogen) atoms. The molecule has 1 aromatic rings. The van der Waals surface area contributed by atoms with E-state index in [2.05, 4.69) is 11.7 Å². The van der Waals surface area contributed by atoms with Crippen LogP contribution in [0.2, 0.25) is 5.02 Å². The molecule has 0 aromatic heterocycles. The summed E-state index contributed by atoms with van der Waals surface area (Å²) in [6.45, 7) is 0. The predicted octanol–water partition coefficient (Wildman–Crippen LogP) is 3.19. The van der Waals surface area contributed by atoms with Gasteiger partial charge in [-0.15, -0.1) is 11.7 Å². The molecule has 0 aliphatic carbocycles. The van der Waals surface area contributed by atoms with Gasteiger partial charge < -0.3 is 0 Å². The smallest absolute Gasteiger partial charge is 0.258 e. The standard InChI is InChI=1S/C6H4ClNO2S2/c7-5-2-1-4(12-11)3-6(5)8(9)10/h1-3,11H. The lowest BCUT2D eigenvalue weighted by molar-refractivity contribution is -0.384. The molecule has 0 aliphatic rings. The molecule has 1 rings (SSSR count). The SMILES string of the molecule is O=[N+]([O-])c1cc(SS)ccc1Cl. The van der Waals surface area contributed by atoms with Crippen molar-refractivity contribution in [1.29, 1.82) is 0 Å². The number of rotatable bonds is 2. The van der Waals surface area contributed by atoms with Crippen molar-refractivity contribution in [2.45, 2.75) is 4.90 Å². The maximum absolute atomic E-state index is 10.4. The van der Waals surface area contributed by atoms with Gasteiger partial charge in [0, 0.05) is 11.0 Å². The van der Waals surface area contributed by atoms with Gasteiger partial charge in [-0.25, -0.2) is 0 Å². The Balaban J connectivity index is 3.17. The predicted molar refractivity (Wildman–Crippen MR) is 52.9 cm³/mol. The number of nitrogens with zero attached hydrogens (tertiary/aromatic N) is 1. The summed E-state index contributed by atoms with van der Waals surface area (Å²) in [7, 11) is 1.14. The number of nitro groups is 1. The first kappa shape index (κ1) is 9.70. The second kappa shape index (κ2) is 4.02. The van der Waals surface area contributed by atoms with E-state index >= 15 is 0 Å². The summed E-state index contributed by atoms with van der Waals surface area (Å²) >= 11 is 9.48. The van der Waals surface area contributed by atoms with E-state index in [0.29, 0.717) is 4.90 Å². The van der Waals surface area contributed by atoms with E-state index in [4.69, 9.17) is 11.6 Å². The van der Waals surface area contributed by atoms with E-state index in [1.54, 1.807) is 6.07 Å². The van der Waals surface area contributed by atoms with Gasteiger partial charge in [0.15, 0.2) is 0 Å².